The van der Waals surface area contributed by atoms with E-state index in [1.54, 1.807) is 0 Å². The van der Waals surface area contributed by atoms with E-state index in [2.05, 4.69) is 162 Å². The number of anilines is 3. The molecule has 1 spiro atoms. The third kappa shape index (κ3) is 2.75. The fourth-order valence-electron chi connectivity index (χ4n) is 10.6. The molecule has 0 fully saturated rings. The van der Waals surface area contributed by atoms with E-state index in [1.807, 2.05) is 11.3 Å². The van der Waals surface area contributed by atoms with Gasteiger partial charge in [-0.1, -0.05) is 127 Å². The van der Waals surface area contributed by atoms with Gasteiger partial charge < -0.3 is 9.38 Å². The Kier molecular flexibility index (Phi) is 4.60. The molecule has 9 aromatic rings. The minimum atomic E-state index is -2.68. The van der Waals surface area contributed by atoms with Crippen LogP contribution in [-0.2, 0) is 0 Å². The Morgan fingerprint density at radius 1 is 0.560 bits per heavy atom. The van der Waals surface area contributed by atoms with Crippen LogP contribution in [0.3, 0.4) is 0 Å². The van der Waals surface area contributed by atoms with E-state index in [9.17, 15) is 0 Å². The zero-order chi connectivity index (χ0) is 32.5. The van der Waals surface area contributed by atoms with E-state index in [4.69, 9.17) is 0 Å². The van der Waals surface area contributed by atoms with Crippen LogP contribution in [0, 0.1) is 6.92 Å². The highest BCUT2D eigenvalue weighted by Gasteiger charge is 2.56. The van der Waals surface area contributed by atoms with Crippen LogP contribution in [0.5, 0.6) is 0 Å². The van der Waals surface area contributed by atoms with Crippen LogP contribution < -0.4 is 36.6 Å². The Balaban J connectivity index is 1.24. The molecule has 5 heteroatoms. The molecule has 0 amide bonds. The smallest absolute Gasteiger partial charge is 0.333 e. The molecule has 230 valence electrons. The maximum absolute atomic E-state index is 2.74. The highest BCUT2D eigenvalue weighted by Crippen LogP contribution is 2.49. The molecule has 4 aliphatic heterocycles. The van der Waals surface area contributed by atoms with Crippen LogP contribution in [0.4, 0.5) is 17.1 Å². The van der Waals surface area contributed by atoms with Gasteiger partial charge in [0.1, 0.15) is 0 Å². The Morgan fingerprint density at radius 3 is 2.06 bits per heavy atom. The zero-order valence-corrected chi connectivity index (χ0v) is 29.1. The summed E-state index contributed by atoms with van der Waals surface area (Å²) >= 11 is 1.95. The van der Waals surface area contributed by atoms with Crippen molar-refractivity contribution in [1.29, 1.82) is 0 Å². The highest BCUT2D eigenvalue weighted by atomic mass is 32.1. The molecule has 0 saturated heterocycles. The number of rotatable bonds is 0. The van der Waals surface area contributed by atoms with Gasteiger partial charge in [-0.05, 0) is 79.0 Å². The van der Waals surface area contributed by atoms with Crippen LogP contribution in [0.15, 0.2) is 146 Å². The number of hydrogen-bond acceptors (Lipinski definition) is 2. The predicted molar refractivity (Wildman–Crippen MR) is 216 cm³/mol. The quantitative estimate of drug-likeness (QED) is 0.153. The Labute approximate surface area is 294 Å². The number of nitrogens with zero attached hydrogens (tertiary/aromatic N) is 2. The van der Waals surface area contributed by atoms with E-state index in [0.717, 1.165) is 0 Å². The molecule has 0 radical (unpaired) electrons. The molecule has 0 aliphatic carbocycles. The normalized spacial score (nSPS) is 15.0. The van der Waals surface area contributed by atoms with Crippen LogP contribution in [0.1, 0.15) is 5.56 Å². The summed E-state index contributed by atoms with van der Waals surface area (Å²) in [4.78, 5) is 4.04. The van der Waals surface area contributed by atoms with Gasteiger partial charge in [0.15, 0.2) is 8.07 Å². The molecule has 0 unspecified atom stereocenters. The maximum atomic E-state index is 2.74. The Bertz CT molecular complexity index is 3000. The molecular weight excluding hydrogens is 639 g/mol. The lowest BCUT2D eigenvalue weighted by Crippen LogP contribution is -2.77. The van der Waals surface area contributed by atoms with Crippen LogP contribution in [-0.4, -0.2) is 19.4 Å². The largest absolute Gasteiger partial charge is 0.367 e. The molecule has 50 heavy (non-hydrogen) atoms. The second-order valence-electron chi connectivity index (χ2n) is 14.4. The summed E-state index contributed by atoms with van der Waals surface area (Å²) < 4.78 is 4.10. The number of hydrogen-bond donors (Lipinski definition) is 0. The third-order valence-electron chi connectivity index (χ3n) is 12.2. The van der Waals surface area contributed by atoms with Crippen molar-refractivity contribution in [3.8, 4) is 22.3 Å². The predicted octanol–water partition coefficient (Wildman–Crippen LogP) is 7.41. The zero-order valence-electron chi connectivity index (χ0n) is 27.2. The van der Waals surface area contributed by atoms with Crippen molar-refractivity contribution in [3.05, 3.63) is 151 Å². The number of fused-ring (bicyclic) bond motifs is 18. The lowest BCUT2D eigenvalue weighted by Gasteiger charge is -2.49. The minimum absolute atomic E-state index is 0.0676. The molecule has 7 aromatic carbocycles. The molecule has 13 rings (SSSR count). The number of benzene rings is 7. The van der Waals surface area contributed by atoms with Crippen molar-refractivity contribution >= 4 is 106 Å². The van der Waals surface area contributed by atoms with Gasteiger partial charge in [0.25, 0.3) is 0 Å². The number of thiophene rings is 1. The summed E-state index contributed by atoms with van der Waals surface area (Å²) in [5.41, 5.74) is 15.1. The topological polar surface area (TPSA) is 8.17 Å². The van der Waals surface area contributed by atoms with Gasteiger partial charge >= 0.3 is 6.85 Å². The summed E-state index contributed by atoms with van der Waals surface area (Å²) in [6.45, 7) is 2.35. The number of aryl methyl sites for hydroxylation is 1. The summed E-state index contributed by atoms with van der Waals surface area (Å²) in [7, 11) is -2.68. The van der Waals surface area contributed by atoms with Crippen molar-refractivity contribution < 1.29 is 0 Å². The SMILES string of the molecule is Cc1cc2c3c(c1)N1c4ccccc4[Si]4(c5ccccc5-c5ccccc54)c4cccc(c41)B3n1c3sc4ccccc4c3c3cccc-2c31. The molecule has 0 bridgehead atoms. The molecule has 0 saturated carbocycles. The average Bonchev–Trinajstić information content (AvgIpc) is 3.79. The maximum Gasteiger partial charge on any atom is 0.333 e. The van der Waals surface area contributed by atoms with Crippen LogP contribution in [0.2, 0.25) is 0 Å². The van der Waals surface area contributed by atoms with Crippen LogP contribution >= 0.6 is 11.3 Å². The molecule has 6 heterocycles. The Morgan fingerprint density at radius 2 is 1.22 bits per heavy atom. The van der Waals surface area contributed by atoms with Crippen molar-refractivity contribution in [1.82, 2.24) is 4.48 Å². The lowest BCUT2D eigenvalue weighted by molar-refractivity contribution is 1.25. The second-order valence-corrected chi connectivity index (χ2v) is 19.1. The number of para-hydroxylation sites is 3. The van der Waals surface area contributed by atoms with E-state index in [1.165, 1.54) is 108 Å². The monoisotopic (exact) mass is 666 g/mol. The summed E-state index contributed by atoms with van der Waals surface area (Å²) in [6, 6.07) is 56.2. The molecule has 2 nitrogen and oxygen atoms in total. The summed E-state index contributed by atoms with van der Waals surface area (Å²) in [5.74, 6) is 0. The Hall–Kier alpha value is -5.62. The molecule has 0 atom stereocenters. The van der Waals surface area contributed by atoms with Gasteiger partial charge in [-0.15, -0.1) is 11.3 Å². The van der Waals surface area contributed by atoms with Crippen molar-refractivity contribution in [2.75, 3.05) is 4.90 Å². The van der Waals surface area contributed by atoms with Gasteiger partial charge in [-0.25, -0.2) is 0 Å². The lowest BCUT2D eigenvalue weighted by atomic mass is 9.45. The van der Waals surface area contributed by atoms with Gasteiger partial charge in [-0.3, -0.25) is 0 Å². The standard InChI is InChI=1S/C45H27BN2SSi/c1-26-24-32-29-15-10-16-31-41-30-14-2-6-19-36(30)49-45(41)48(43(29)31)46-33-17-11-23-40-44(33)47(35(25-26)42(32)46)34-18-5-9-22-39(34)50(40)37-20-7-3-12-27(37)28-13-4-8-21-38(28)50/h2-25H,1H3. The highest BCUT2D eigenvalue weighted by molar-refractivity contribution is 7.26. The van der Waals surface area contributed by atoms with Gasteiger partial charge in [0, 0.05) is 49.0 Å². The van der Waals surface area contributed by atoms with Gasteiger partial charge in [0.05, 0.1) is 4.83 Å². The summed E-state index contributed by atoms with van der Waals surface area (Å²) in [6.07, 6.45) is 0. The van der Waals surface area contributed by atoms with Crippen LogP contribution in [0.25, 0.3) is 53.5 Å². The fraction of sp³-hybridized carbons (Fsp3) is 0.0222. The summed E-state index contributed by atoms with van der Waals surface area (Å²) in [5, 5.41) is 10.2. The first-order valence-corrected chi connectivity index (χ1v) is 20.4. The van der Waals surface area contributed by atoms with E-state index in [0.29, 0.717) is 0 Å². The minimum Gasteiger partial charge on any atom is -0.367 e. The fourth-order valence-corrected chi connectivity index (χ4v) is 17.4. The molecular formula is C45H27BN2SSi. The number of aromatic nitrogens is 1. The first-order valence-electron chi connectivity index (χ1n) is 17.6. The molecule has 4 aliphatic rings. The first-order chi connectivity index (χ1) is 24.7. The van der Waals surface area contributed by atoms with Gasteiger partial charge in [0.2, 0.25) is 0 Å². The molecule has 0 N–H and O–H groups in total. The van der Waals surface area contributed by atoms with Gasteiger partial charge in [-0.2, -0.15) is 0 Å². The van der Waals surface area contributed by atoms with E-state index >= 15 is 0 Å². The molecule has 2 aromatic heterocycles. The first kappa shape index (κ1) is 26.3. The third-order valence-corrected chi connectivity index (χ3v) is 18.3. The van der Waals surface area contributed by atoms with Crippen molar-refractivity contribution in [3.63, 3.8) is 0 Å². The van der Waals surface area contributed by atoms with Crippen molar-refractivity contribution in [2.45, 2.75) is 6.92 Å². The average molecular weight is 667 g/mol. The van der Waals surface area contributed by atoms with E-state index < -0.39 is 8.07 Å². The van der Waals surface area contributed by atoms with Crippen molar-refractivity contribution in [2.24, 2.45) is 0 Å². The second kappa shape index (κ2) is 8.75. The van der Waals surface area contributed by atoms with E-state index in [-0.39, 0.29) is 6.85 Å².